The van der Waals surface area contributed by atoms with Gasteiger partial charge in [-0.2, -0.15) is 0 Å². The summed E-state index contributed by atoms with van der Waals surface area (Å²) in [6.07, 6.45) is 0.919. The van der Waals surface area contributed by atoms with Crippen molar-refractivity contribution in [3.8, 4) is 5.75 Å². The number of aromatic hydroxyl groups is 1. The van der Waals surface area contributed by atoms with Crippen LogP contribution in [0, 0.1) is 10.5 Å². The number of aryl methyl sites for hydroxylation is 1. The predicted octanol–water partition coefficient (Wildman–Crippen LogP) is 4.87. The highest BCUT2D eigenvalue weighted by atomic mass is 127. The molecule has 0 aromatic heterocycles. The molecule has 0 aliphatic rings. The Kier molecular flexibility index (Phi) is 4.69. The number of hydrogen-bond donors (Lipinski definition) is 2. The summed E-state index contributed by atoms with van der Waals surface area (Å²) in [6.45, 7) is 4.22. The molecule has 0 fully saturated rings. The number of para-hydroxylation sites is 1. The number of benzene rings is 2. The van der Waals surface area contributed by atoms with Gasteiger partial charge in [-0.25, -0.2) is 0 Å². The maximum atomic E-state index is 9.95. The normalized spacial score (nSPS) is 12.2. The van der Waals surface area contributed by atoms with Crippen LogP contribution in [0.25, 0.3) is 0 Å². The van der Waals surface area contributed by atoms with E-state index in [9.17, 15) is 5.11 Å². The molecule has 100 valence electrons. The number of hydrogen-bond acceptors (Lipinski definition) is 2. The van der Waals surface area contributed by atoms with E-state index in [1.165, 1.54) is 9.13 Å². The Morgan fingerprint density at radius 1 is 1.21 bits per heavy atom. The molecule has 0 heterocycles. The van der Waals surface area contributed by atoms with Crippen molar-refractivity contribution in [2.75, 3.05) is 5.32 Å². The summed E-state index contributed by atoms with van der Waals surface area (Å²) in [5.41, 5.74) is 3.31. The highest BCUT2D eigenvalue weighted by Crippen LogP contribution is 2.29. The first-order valence-corrected chi connectivity index (χ1v) is 7.50. The minimum atomic E-state index is 0.125. The number of halogens is 1. The molecule has 0 amide bonds. The molecule has 2 aromatic carbocycles. The third-order valence-corrected chi connectivity index (χ3v) is 4.40. The van der Waals surface area contributed by atoms with Gasteiger partial charge < -0.3 is 10.4 Å². The standard InChI is InChI=1S/C16H18INO/c1-3-15(13-6-4-5-7-16(13)19)18-12-9-8-11(2)14(17)10-12/h4-10,15,18-19H,3H2,1-2H3. The minimum Gasteiger partial charge on any atom is -0.508 e. The lowest BCUT2D eigenvalue weighted by Crippen LogP contribution is -2.10. The van der Waals surface area contributed by atoms with Crippen molar-refractivity contribution >= 4 is 28.3 Å². The average Bonchev–Trinajstić information content (AvgIpc) is 2.41. The van der Waals surface area contributed by atoms with Gasteiger partial charge in [-0.15, -0.1) is 0 Å². The summed E-state index contributed by atoms with van der Waals surface area (Å²) in [7, 11) is 0. The fraction of sp³-hybridized carbons (Fsp3) is 0.250. The smallest absolute Gasteiger partial charge is 0.120 e. The zero-order valence-corrected chi connectivity index (χ0v) is 13.3. The van der Waals surface area contributed by atoms with E-state index in [1.807, 2.05) is 18.2 Å². The molecule has 0 saturated carbocycles. The summed E-state index contributed by atoms with van der Waals surface area (Å²) < 4.78 is 1.25. The van der Waals surface area contributed by atoms with Crippen LogP contribution in [-0.2, 0) is 0 Å². The molecule has 0 radical (unpaired) electrons. The molecule has 1 atom stereocenters. The summed E-state index contributed by atoms with van der Waals surface area (Å²) in [4.78, 5) is 0. The maximum absolute atomic E-state index is 9.95. The summed E-state index contributed by atoms with van der Waals surface area (Å²) in [5.74, 6) is 0.351. The molecule has 19 heavy (non-hydrogen) atoms. The van der Waals surface area contributed by atoms with Crippen LogP contribution >= 0.6 is 22.6 Å². The van der Waals surface area contributed by atoms with E-state index >= 15 is 0 Å². The predicted molar refractivity (Wildman–Crippen MR) is 88.7 cm³/mol. The molecule has 0 spiro atoms. The lowest BCUT2D eigenvalue weighted by Gasteiger charge is -2.20. The van der Waals surface area contributed by atoms with Gasteiger partial charge in [0.1, 0.15) is 5.75 Å². The third-order valence-electron chi connectivity index (χ3n) is 3.23. The molecule has 2 N–H and O–H groups in total. The molecule has 0 aliphatic heterocycles. The Labute approximate surface area is 128 Å². The molecular formula is C16H18INO. The second kappa shape index (κ2) is 6.28. The van der Waals surface area contributed by atoms with Gasteiger partial charge in [0.15, 0.2) is 0 Å². The molecule has 0 saturated heterocycles. The van der Waals surface area contributed by atoms with Gasteiger partial charge in [-0.1, -0.05) is 31.2 Å². The van der Waals surface area contributed by atoms with E-state index in [-0.39, 0.29) is 6.04 Å². The maximum Gasteiger partial charge on any atom is 0.120 e. The van der Waals surface area contributed by atoms with E-state index in [0.717, 1.165) is 17.7 Å². The Hall–Kier alpha value is -1.23. The highest BCUT2D eigenvalue weighted by molar-refractivity contribution is 14.1. The second-order valence-corrected chi connectivity index (χ2v) is 5.79. The molecule has 0 bridgehead atoms. The van der Waals surface area contributed by atoms with Crippen molar-refractivity contribution in [3.63, 3.8) is 0 Å². The van der Waals surface area contributed by atoms with E-state index in [1.54, 1.807) is 6.07 Å². The monoisotopic (exact) mass is 367 g/mol. The Balaban J connectivity index is 2.24. The van der Waals surface area contributed by atoms with Gasteiger partial charge in [0.05, 0.1) is 6.04 Å². The van der Waals surface area contributed by atoms with E-state index < -0.39 is 0 Å². The Morgan fingerprint density at radius 3 is 2.58 bits per heavy atom. The van der Waals surface area contributed by atoms with Crippen LogP contribution in [0.4, 0.5) is 5.69 Å². The Bertz CT molecular complexity index is 568. The van der Waals surface area contributed by atoms with Crippen LogP contribution in [0.5, 0.6) is 5.75 Å². The molecule has 0 aliphatic carbocycles. The average molecular weight is 367 g/mol. The molecule has 3 heteroatoms. The number of phenolic OH excluding ortho intramolecular Hbond substituents is 1. The zero-order chi connectivity index (χ0) is 13.8. The van der Waals surface area contributed by atoms with Crippen molar-refractivity contribution in [2.24, 2.45) is 0 Å². The first kappa shape index (κ1) is 14.2. The summed E-state index contributed by atoms with van der Waals surface area (Å²) in [6, 6.07) is 14.0. The topological polar surface area (TPSA) is 32.3 Å². The van der Waals surface area contributed by atoms with Crippen LogP contribution in [-0.4, -0.2) is 5.11 Å². The molecule has 1 unspecified atom stereocenters. The lowest BCUT2D eigenvalue weighted by atomic mass is 10.0. The quantitative estimate of drug-likeness (QED) is 0.756. The van der Waals surface area contributed by atoms with Crippen LogP contribution in [0.15, 0.2) is 42.5 Å². The minimum absolute atomic E-state index is 0.125. The molecular weight excluding hydrogens is 349 g/mol. The van der Waals surface area contributed by atoms with Gasteiger partial charge in [-0.05, 0) is 59.7 Å². The van der Waals surface area contributed by atoms with Crippen molar-refractivity contribution in [1.82, 2.24) is 0 Å². The molecule has 2 rings (SSSR count). The van der Waals surface area contributed by atoms with Gasteiger partial charge in [0, 0.05) is 14.8 Å². The second-order valence-electron chi connectivity index (χ2n) is 4.63. The third kappa shape index (κ3) is 3.41. The first-order chi connectivity index (χ1) is 9.11. The number of nitrogens with one attached hydrogen (secondary N) is 1. The number of anilines is 1. The fourth-order valence-corrected chi connectivity index (χ4v) is 2.58. The summed E-state index contributed by atoms with van der Waals surface area (Å²) >= 11 is 2.34. The van der Waals surface area contributed by atoms with Gasteiger partial charge >= 0.3 is 0 Å². The number of phenols is 1. The van der Waals surface area contributed by atoms with Crippen molar-refractivity contribution < 1.29 is 5.11 Å². The number of rotatable bonds is 4. The van der Waals surface area contributed by atoms with E-state index in [2.05, 4.69) is 60.0 Å². The molecule has 2 aromatic rings. The highest BCUT2D eigenvalue weighted by Gasteiger charge is 2.13. The van der Waals surface area contributed by atoms with Crippen molar-refractivity contribution in [2.45, 2.75) is 26.3 Å². The van der Waals surface area contributed by atoms with E-state index in [4.69, 9.17) is 0 Å². The van der Waals surface area contributed by atoms with Gasteiger partial charge in [0.25, 0.3) is 0 Å². The van der Waals surface area contributed by atoms with Gasteiger partial charge in [0.2, 0.25) is 0 Å². The zero-order valence-electron chi connectivity index (χ0n) is 11.2. The van der Waals surface area contributed by atoms with Crippen molar-refractivity contribution in [1.29, 1.82) is 0 Å². The first-order valence-electron chi connectivity index (χ1n) is 6.42. The SMILES string of the molecule is CCC(Nc1ccc(C)c(I)c1)c1ccccc1O. The summed E-state index contributed by atoms with van der Waals surface area (Å²) in [5, 5.41) is 13.4. The van der Waals surface area contributed by atoms with Gasteiger partial charge in [-0.3, -0.25) is 0 Å². The van der Waals surface area contributed by atoms with Crippen LogP contribution < -0.4 is 5.32 Å². The van der Waals surface area contributed by atoms with E-state index in [0.29, 0.717) is 5.75 Å². The largest absolute Gasteiger partial charge is 0.508 e. The Morgan fingerprint density at radius 2 is 1.95 bits per heavy atom. The van der Waals surface area contributed by atoms with Crippen molar-refractivity contribution in [3.05, 3.63) is 57.2 Å². The molecule has 2 nitrogen and oxygen atoms in total. The fourth-order valence-electron chi connectivity index (χ4n) is 2.07. The van der Waals surface area contributed by atoms with Crippen LogP contribution in [0.1, 0.15) is 30.5 Å². The lowest BCUT2D eigenvalue weighted by molar-refractivity contribution is 0.463. The van der Waals surface area contributed by atoms with Crippen LogP contribution in [0.2, 0.25) is 0 Å². The van der Waals surface area contributed by atoms with Crippen LogP contribution in [0.3, 0.4) is 0 Å².